The Hall–Kier alpha value is -2.79. The summed E-state index contributed by atoms with van der Waals surface area (Å²) in [6.45, 7) is 5.08. The average Bonchev–Trinajstić information content (AvgIpc) is 2.73. The molecule has 0 aliphatic carbocycles. The summed E-state index contributed by atoms with van der Waals surface area (Å²) in [7, 11) is 1.68. The van der Waals surface area contributed by atoms with Gasteiger partial charge in [0.1, 0.15) is 5.75 Å². The van der Waals surface area contributed by atoms with E-state index >= 15 is 0 Å². The molecule has 1 N–H and O–H groups in total. The SMILES string of the molecule is COc1ccc([C@H](C)NC(=O)/C=C/c2ccccc2)cc1N1CCOCC1. The molecule has 0 spiro atoms. The summed E-state index contributed by atoms with van der Waals surface area (Å²) >= 11 is 0. The number of methoxy groups -OCH3 is 1. The first-order valence-electron chi connectivity index (χ1n) is 9.21. The van der Waals surface area contributed by atoms with Crippen LogP contribution in [0.5, 0.6) is 5.75 Å². The van der Waals surface area contributed by atoms with E-state index < -0.39 is 0 Å². The lowest BCUT2D eigenvalue weighted by molar-refractivity contribution is -0.117. The van der Waals surface area contributed by atoms with Crippen molar-refractivity contribution in [2.75, 3.05) is 38.3 Å². The van der Waals surface area contributed by atoms with E-state index in [0.717, 1.165) is 35.7 Å². The van der Waals surface area contributed by atoms with Gasteiger partial charge in [0.05, 0.1) is 32.1 Å². The maximum atomic E-state index is 12.3. The largest absolute Gasteiger partial charge is 0.495 e. The second-order valence-electron chi connectivity index (χ2n) is 6.50. The number of carbonyl (C=O) groups is 1. The number of anilines is 1. The highest BCUT2D eigenvalue weighted by Crippen LogP contribution is 2.32. The summed E-state index contributed by atoms with van der Waals surface area (Å²) in [4.78, 5) is 14.5. The summed E-state index contributed by atoms with van der Waals surface area (Å²) in [6.07, 6.45) is 3.38. The number of nitrogens with zero attached hydrogens (tertiary/aromatic N) is 1. The summed E-state index contributed by atoms with van der Waals surface area (Å²) in [5, 5.41) is 3.02. The zero-order valence-electron chi connectivity index (χ0n) is 15.9. The van der Waals surface area contributed by atoms with Crippen LogP contribution in [-0.2, 0) is 9.53 Å². The number of amides is 1. The maximum Gasteiger partial charge on any atom is 0.244 e. The predicted octanol–water partition coefficient (Wildman–Crippen LogP) is 3.42. The lowest BCUT2D eigenvalue weighted by Gasteiger charge is -2.30. The molecule has 1 atom stereocenters. The van der Waals surface area contributed by atoms with Crippen molar-refractivity contribution in [3.8, 4) is 5.75 Å². The van der Waals surface area contributed by atoms with E-state index in [0.29, 0.717) is 13.2 Å². The molecule has 5 heteroatoms. The van der Waals surface area contributed by atoms with Gasteiger partial charge in [0.25, 0.3) is 0 Å². The van der Waals surface area contributed by atoms with Gasteiger partial charge >= 0.3 is 0 Å². The maximum absolute atomic E-state index is 12.3. The van der Waals surface area contributed by atoms with Crippen LogP contribution in [0.1, 0.15) is 24.1 Å². The van der Waals surface area contributed by atoms with E-state index in [4.69, 9.17) is 9.47 Å². The lowest BCUT2D eigenvalue weighted by Crippen LogP contribution is -2.36. The first kappa shape index (κ1) is 19.0. The number of hydrogen-bond acceptors (Lipinski definition) is 4. The Balaban J connectivity index is 1.69. The molecule has 1 fully saturated rings. The van der Waals surface area contributed by atoms with Crippen molar-refractivity contribution in [3.05, 3.63) is 65.7 Å². The number of ether oxygens (including phenoxy) is 2. The molecule has 27 heavy (non-hydrogen) atoms. The highest BCUT2D eigenvalue weighted by molar-refractivity contribution is 5.92. The van der Waals surface area contributed by atoms with E-state index in [2.05, 4.69) is 16.3 Å². The van der Waals surface area contributed by atoms with E-state index in [1.54, 1.807) is 13.2 Å². The fraction of sp³-hybridized carbons (Fsp3) is 0.318. The Morgan fingerprint density at radius 1 is 1.19 bits per heavy atom. The molecule has 3 rings (SSSR count). The third-order valence-electron chi connectivity index (χ3n) is 4.64. The first-order chi connectivity index (χ1) is 13.2. The molecule has 1 saturated heterocycles. The molecule has 0 aromatic heterocycles. The Bertz CT molecular complexity index is 783. The monoisotopic (exact) mass is 366 g/mol. The predicted molar refractivity (Wildman–Crippen MR) is 108 cm³/mol. The van der Waals surface area contributed by atoms with Crippen molar-refractivity contribution >= 4 is 17.7 Å². The molecule has 2 aromatic rings. The van der Waals surface area contributed by atoms with Gasteiger partial charge in [-0.2, -0.15) is 0 Å². The molecule has 0 saturated carbocycles. The molecule has 1 amide bonds. The van der Waals surface area contributed by atoms with Crippen LogP contribution in [0.3, 0.4) is 0 Å². The highest BCUT2D eigenvalue weighted by Gasteiger charge is 2.18. The van der Waals surface area contributed by atoms with Gasteiger partial charge in [0.2, 0.25) is 5.91 Å². The average molecular weight is 366 g/mol. The van der Waals surface area contributed by atoms with Gasteiger partial charge in [-0.1, -0.05) is 36.4 Å². The zero-order valence-corrected chi connectivity index (χ0v) is 15.9. The first-order valence-corrected chi connectivity index (χ1v) is 9.21. The number of carbonyl (C=O) groups excluding carboxylic acids is 1. The summed E-state index contributed by atoms with van der Waals surface area (Å²) in [6, 6.07) is 15.7. The zero-order chi connectivity index (χ0) is 19.1. The van der Waals surface area contributed by atoms with Crippen LogP contribution in [0, 0.1) is 0 Å². The van der Waals surface area contributed by atoms with Crippen LogP contribution in [0.15, 0.2) is 54.6 Å². The number of rotatable bonds is 6. The molecule has 2 aromatic carbocycles. The van der Waals surface area contributed by atoms with Gasteiger partial charge in [-0.25, -0.2) is 0 Å². The number of benzene rings is 2. The Labute approximate surface area is 160 Å². The summed E-state index contributed by atoms with van der Waals surface area (Å²) < 4.78 is 11.0. The lowest BCUT2D eigenvalue weighted by atomic mass is 10.1. The number of nitrogens with one attached hydrogen (secondary N) is 1. The second-order valence-corrected chi connectivity index (χ2v) is 6.50. The molecule has 1 aliphatic heterocycles. The van der Waals surface area contributed by atoms with Crippen LogP contribution in [0.25, 0.3) is 6.08 Å². The molecule has 0 bridgehead atoms. The Morgan fingerprint density at radius 2 is 1.93 bits per heavy atom. The summed E-state index contributed by atoms with van der Waals surface area (Å²) in [5.74, 6) is 0.721. The van der Waals surface area contributed by atoms with E-state index in [1.807, 2.05) is 55.5 Å². The van der Waals surface area contributed by atoms with Gasteiger partial charge < -0.3 is 19.7 Å². The fourth-order valence-corrected chi connectivity index (χ4v) is 3.11. The molecule has 142 valence electrons. The van der Waals surface area contributed by atoms with Crippen LogP contribution in [-0.4, -0.2) is 39.3 Å². The van der Waals surface area contributed by atoms with Crippen molar-refractivity contribution in [1.29, 1.82) is 0 Å². The molecule has 0 unspecified atom stereocenters. The molecular weight excluding hydrogens is 340 g/mol. The fourth-order valence-electron chi connectivity index (χ4n) is 3.11. The van der Waals surface area contributed by atoms with Gasteiger partial charge in [-0.3, -0.25) is 4.79 Å². The van der Waals surface area contributed by atoms with Crippen LogP contribution >= 0.6 is 0 Å². The van der Waals surface area contributed by atoms with Gasteiger partial charge in [-0.15, -0.1) is 0 Å². The second kappa shape index (κ2) is 9.24. The summed E-state index contributed by atoms with van der Waals surface area (Å²) in [5.41, 5.74) is 3.08. The minimum absolute atomic E-state index is 0.108. The van der Waals surface area contributed by atoms with Gasteiger partial charge in [-0.05, 0) is 36.3 Å². The standard InChI is InChI=1S/C22H26N2O3/c1-17(23-22(25)11-8-18-6-4-3-5-7-18)19-9-10-21(26-2)20(16-19)24-12-14-27-15-13-24/h3-11,16-17H,12-15H2,1-2H3,(H,23,25)/b11-8+/t17-/m0/s1. The van der Waals surface area contributed by atoms with Crippen molar-refractivity contribution in [3.63, 3.8) is 0 Å². The quantitative estimate of drug-likeness (QED) is 0.796. The third-order valence-corrected chi connectivity index (χ3v) is 4.64. The van der Waals surface area contributed by atoms with E-state index in [1.165, 1.54) is 0 Å². The third kappa shape index (κ3) is 5.11. The Morgan fingerprint density at radius 3 is 2.63 bits per heavy atom. The van der Waals surface area contributed by atoms with Crippen LogP contribution in [0.2, 0.25) is 0 Å². The minimum atomic E-state index is -0.116. The topological polar surface area (TPSA) is 50.8 Å². The molecule has 5 nitrogen and oxygen atoms in total. The normalized spacial score (nSPS) is 15.6. The van der Waals surface area contributed by atoms with E-state index in [9.17, 15) is 4.79 Å². The highest BCUT2D eigenvalue weighted by atomic mass is 16.5. The molecule has 0 radical (unpaired) electrons. The molecular formula is C22H26N2O3. The van der Waals surface area contributed by atoms with Crippen LogP contribution < -0.4 is 15.0 Å². The molecule has 1 aliphatic rings. The number of hydrogen-bond donors (Lipinski definition) is 1. The Kier molecular flexibility index (Phi) is 6.49. The number of morpholine rings is 1. The smallest absolute Gasteiger partial charge is 0.244 e. The molecule has 1 heterocycles. The van der Waals surface area contributed by atoms with Crippen molar-refractivity contribution in [2.45, 2.75) is 13.0 Å². The van der Waals surface area contributed by atoms with Crippen LogP contribution in [0.4, 0.5) is 5.69 Å². The van der Waals surface area contributed by atoms with Gasteiger partial charge in [0.15, 0.2) is 0 Å². The van der Waals surface area contributed by atoms with Crippen molar-refractivity contribution in [1.82, 2.24) is 5.32 Å². The van der Waals surface area contributed by atoms with Crippen molar-refractivity contribution < 1.29 is 14.3 Å². The van der Waals surface area contributed by atoms with Gasteiger partial charge in [0, 0.05) is 19.2 Å². The van der Waals surface area contributed by atoms with Crippen molar-refractivity contribution in [2.24, 2.45) is 0 Å². The minimum Gasteiger partial charge on any atom is -0.495 e. The van der Waals surface area contributed by atoms with E-state index in [-0.39, 0.29) is 11.9 Å².